The van der Waals surface area contributed by atoms with Crippen LogP contribution in [0, 0.1) is 6.92 Å². The second kappa shape index (κ2) is 4.14. The number of aromatic carboxylic acids is 1. The molecule has 0 saturated heterocycles. The van der Waals surface area contributed by atoms with Gasteiger partial charge in [-0.3, -0.25) is 0 Å². The van der Waals surface area contributed by atoms with Crippen molar-refractivity contribution in [2.24, 2.45) is 0 Å². The molecule has 0 aromatic heterocycles. The Bertz CT molecular complexity index is 387. The van der Waals surface area contributed by atoms with Gasteiger partial charge in [0.05, 0.1) is 5.56 Å². The first-order valence-electron chi connectivity index (χ1n) is 3.89. The van der Waals surface area contributed by atoms with E-state index in [1.54, 1.807) is 0 Å². The van der Waals surface area contributed by atoms with Gasteiger partial charge in [-0.05, 0) is 42.4 Å². The molecule has 1 N–H and O–H groups in total. The van der Waals surface area contributed by atoms with Crippen LogP contribution in [0.3, 0.4) is 0 Å². The number of hydrogen-bond donors (Lipinski definition) is 1. The summed E-state index contributed by atoms with van der Waals surface area (Å²) in [5, 5.41) is 8.60. The van der Waals surface area contributed by atoms with Crippen LogP contribution < -0.4 is 0 Å². The van der Waals surface area contributed by atoms with Gasteiger partial charge in [0.25, 0.3) is 0 Å². The first kappa shape index (κ1) is 11.9. The number of carboxylic acids is 1. The molecule has 0 atom stereocenters. The molecule has 0 aliphatic rings. The summed E-state index contributed by atoms with van der Waals surface area (Å²) in [5.74, 6) is -1.15. The van der Waals surface area contributed by atoms with Crippen LogP contribution in [0.1, 0.15) is 15.9 Å². The van der Waals surface area contributed by atoms with Crippen LogP contribution in [-0.2, 0) is 0 Å². The van der Waals surface area contributed by atoms with Crippen LogP contribution in [0.4, 0.5) is 13.2 Å². The third kappa shape index (κ3) is 3.47. The molecule has 0 amide bonds. The standard InChI is InChI=1S/C9H7F3O2S/c1-5-4-6(8(13)14)2-3-7(5)15-9(10,11)12/h2-4H,1H3,(H,13,14). The van der Waals surface area contributed by atoms with Crippen molar-refractivity contribution in [2.45, 2.75) is 17.3 Å². The van der Waals surface area contributed by atoms with Crippen molar-refractivity contribution in [3.63, 3.8) is 0 Å². The van der Waals surface area contributed by atoms with E-state index in [0.717, 1.165) is 12.1 Å². The lowest BCUT2D eigenvalue weighted by molar-refractivity contribution is -0.0328. The lowest BCUT2D eigenvalue weighted by Gasteiger charge is -2.08. The Morgan fingerprint density at radius 1 is 1.40 bits per heavy atom. The van der Waals surface area contributed by atoms with Crippen LogP contribution in [0.15, 0.2) is 23.1 Å². The molecular formula is C9H7F3O2S. The minimum Gasteiger partial charge on any atom is -0.478 e. The van der Waals surface area contributed by atoms with Crippen molar-refractivity contribution in [1.82, 2.24) is 0 Å². The number of carbonyl (C=O) groups is 1. The second-order valence-corrected chi connectivity index (χ2v) is 3.94. The number of rotatable bonds is 2. The first-order valence-corrected chi connectivity index (χ1v) is 4.71. The van der Waals surface area contributed by atoms with Crippen molar-refractivity contribution < 1.29 is 23.1 Å². The summed E-state index contributed by atoms with van der Waals surface area (Å²) in [5.41, 5.74) is -4.06. The van der Waals surface area contributed by atoms with Gasteiger partial charge in [-0.1, -0.05) is 0 Å². The molecule has 1 aromatic rings. The quantitative estimate of drug-likeness (QED) is 0.800. The van der Waals surface area contributed by atoms with Gasteiger partial charge in [0.15, 0.2) is 0 Å². The summed E-state index contributed by atoms with van der Waals surface area (Å²) >= 11 is -0.245. The van der Waals surface area contributed by atoms with Crippen molar-refractivity contribution in [3.05, 3.63) is 29.3 Å². The van der Waals surface area contributed by atoms with E-state index < -0.39 is 11.5 Å². The monoisotopic (exact) mass is 236 g/mol. The smallest absolute Gasteiger partial charge is 0.446 e. The molecule has 0 fully saturated rings. The Kier molecular flexibility index (Phi) is 3.28. The van der Waals surface area contributed by atoms with E-state index in [1.165, 1.54) is 13.0 Å². The summed E-state index contributed by atoms with van der Waals surface area (Å²) < 4.78 is 36.1. The highest BCUT2D eigenvalue weighted by atomic mass is 32.2. The van der Waals surface area contributed by atoms with E-state index >= 15 is 0 Å². The molecule has 82 valence electrons. The molecule has 0 aliphatic heterocycles. The minimum absolute atomic E-state index is 0.0148. The molecule has 2 nitrogen and oxygen atoms in total. The molecule has 0 radical (unpaired) electrons. The van der Waals surface area contributed by atoms with Crippen molar-refractivity contribution in [1.29, 1.82) is 0 Å². The normalized spacial score (nSPS) is 11.5. The van der Waals surface area contributed by atoms with E-state index in [4.69, 9.17) is 5.11 Å². The van der Waals surface area contributed by atoms with Gasteiger partial charge in [0.1, 0.15) is 0 Å². The summed E-state index contributed by atoms with van der Waals surface area (Å²) in [6, 6.07) is 3.54. The number of carboxylic acid groups (broad SMARTS) is 1. The third-order valence-corrected chi connectivity index (χ3v) is 2.56. The summed E-state index contributed by atoms with van der Waals surface area (Å²) in [4.78, 5) is 10.5. The molecule has 1 rings (SSSR count). The SMILES string of the molecule is Cc1cc(C(=O)O)ccc1SC(F)(F)F. The summed E-state index contributed by atoms with van der Waals surface area (Å²) in [6.07, 6.45) is 0. The Hall–Kier alpha value is -1.17. The average molecular weight is 236 g/mol. The van der Waals surface area contributed by atoms with Gasteiger partial charge in [0, 0.05) is 4.90 Å². The predicted molar refractivity (Wildman–Crippen MR) is 50.1 cm³/mol. The maximum Gasteiger partial charge on any atom is 0.446 e. The lowest BCUT2D eigenvalue weighted by atomic mass is 10.1. The fourth-order valence-corrected chi connectivity index (χ4v) is 1.63. The van der Waals surface area contributed by atoms with E-state index in [9.17, 15) is 18.0 Å². The number of aryl methyl sites for hydroxylation is 1. The maximum absolute atomic E-state index is 12.0. The van der Waals surface area contributed by atoms with Gasteiger partial charge < -0.3 is 5.11 Å². The van der Waals surface area contributed by atoms with Crippen LogP contribution in [0.25, 0.3) is 0 Å². The molecule has 0 bridgehead atoms. The van der Waals surface area contributed by atoms with E-state index in [1.807, 2.05) is 0 Å². The fraction of sp³-hybridized carbons (Fsp3) is 0.222. The number of hydrogen-bond acceptors (Lipinski definition) is 2. The number of thioether (sulfide) groups is 1. The topological polar surface area (TPSA) is 37.3 Å². The molecule has 0 spiro atoms. The second-order valence-electron chi connectivity index (χ2n) is 2.83. The minimum atomic E-state index is -4.35. The third-order valence-electron chi connectivity index (χ3n) is 1.65. The van der Waals surface area contributed by atoms with Gasteiger partial charge in [-0.25, -0.2) is 4.79 Å². The summed E-state index contributed by atoms with van der Waals surface area (Å²) in [6.45, 7) is 1.44. The van der Waals surface area contributed by atoms with E-state index in [-0.39, 0.29) is 22.2 Å². The van der Waals surface area contributed by atoms with Crippen molar-refractivity contribution in [2.75, 3.05) is 0 Å². The molecule has 1 aromatic carbocycles. The van der Waals surface area contributed by atoms with Gasteiger partial charge >= 0.3 is 11.5 Å². The Balaban J connectivity index is 2.99. The largest absolute Gasteiger partial charge is 0.478 e. The Morgan fingerprint density at radius 2 is 2.00 bits per heavy atom. The van der Waals surface area contributed by atoms with E-state index in [2.05, 4.69) is 0 Å². The summed E-state index contributed by atoms with van der Waals surface area (Å²) in [7, 11) is 0. The van der Waals surface area contributed by atoms with Crippen LogP contribution in [0.5, 0.6) is 0 Å². The van der Waals surface area contributed by atoms with Crippen molar-refractivity contribution in [3.8, 4) is 0 Å². The Labute approximate surface area is 88.1 Å². The molecule has 6 heteroatoms. The van der Waals surface area contributed by atoms with Gasteiger partial charge in [0.2, 0.25) is 0 Å². The molecule has 0 saturated carbocycles. The number of alkyl halides is 3. The highest BCUT2D eigenvalue weighted by Gasteiger charge is 2.29. The highest BCUT2D eigenvalue weighted by Crippen LogP contribution is 2.38. The van der Waals surface area contributed by atoms with E-state index in [0.29, 0.717) is 5.56 Å². The average Bonchev–Trinajstić information content (AvgIpc) is 2.05. The number of benzene rings is 1. The van der Waals surface area contributed by atoms with Crippen molar-refractivity contribution >= 4 is 17.7 Å². The maximum atomic E-state index is 12.0. The first-order chi connectivity index (χ1) is 6.79. The molecule has 0 aliphatic carbocycles. The van der Waals surface area contributed by atoms with Crippen LogP contribution in [0.2, 0.25) is 0 Å². The van der Waals surface area contributed by atoms with Gasteiger partial charge in [-0.15, -0.1) is 0 Å². The number of halogens is 3. The zero-order valence-electron chi connectivity index (χ0n) is 7.63. The Morgan fingerprint density at radius 3 is 2.40 bits per heavy atom. The molecule has 15 heavy (non-hydrogen) atoms. The predicted octanol–water partition coefficient (Wildman–Crippen LogP) is 3.31. The molecular weight excluding hydrogens is 229 g/mol. The molecule has 0 heterocycles. The zero-order chi connectivity index (χ0) is 11.6. The van der Waals surface area contributed by atoms with Crippen LogP contribution in [-0.4, -0.2) is 16.6 Å². The zero-order valence-corrected chi connectivity index (χ0v) is 8.45. The lowest BCUT2D eigenvalue weighted by Crippen LogP contribution is -2.01. The van der Waals surface area contributed by atoms with Gasteiger partial charge in [-0.2, -0.15) is 13.2 Å². The molecule has 0 unspecified atom stereocenters. The van der Waals surface area contributed by atoms with Crippen LogP contribution >= 0.6 is 11.8 Å². The highest BCUT2D eigenvalue weighted by molar-refractivity contribution is 8.00. The fourth-order valence-electron chi connectivity index (χ4n) is 1.02.